The molecule has 3 N–H and O–H groups in total. The molecule has 3 heteroatoms. The Hall–Kier alpha value is -0.570. The van der Waals surface area contributed by atoms with Gasteiger partial charge in [-0.25, -0.2) is 0 Å². The minimum absolute atomic E-state index is 0.0879. The van der Waals surface area contributed by atoms with Crippen LogP contribution in [0.5, 0.6) is 0 Å². The van der Waals surface area contributed by atoms with Crippen LogP contribution in [0.2, 0.25) is 0 Å². The number of rotatable bonds is 4. The van der Waals surface area contributed by atoms with Gasteiger partial charge in [0.25, 0.3) is 0 Å². The summed E-state index contributed by atoms with van der Waals surface area (Å²) in [6.07, 6.45) is 0.638. The highest BCUT2D eigenvalue weighted by atomic mass is 16.3. The van der Waals surface area contributed by atoms with E-state index in [9.17, 15) is 4.79 Å². The van der Waals surface area contributed by atoms with Gasteiger partial charge in [-0.2, -0.15) is 0 Å². The molecule has 0 saturated carbocycles. The molecule has 0 rings (SSSR count). The SMILES string of the molecule is CC(CC(C)(C)CO)C(N)=O. The monoisotopic (exact) mass is 159 g/mol. The van der Waals surface area contributed by atoms with Crippen LogP contribution < -0.4 is 5.73 Å². The minimum atomic E-state index is -0.300. The lowest BCUT2D eigenvalue weighted by atomic mass is 9.84. The second kappa shape index (κ2) is 3.72. The standard InChI is InChI=1S/C8H17NO2/c1-6(7(9)11)4-8(2,3)5-10/h6,10H,4-5H2,1-3H3,(H2,9,11). The molecule has 1 atom stereocenters. The summed E-state index contributed by atoms with van der Waals surface area (Å²) < 4.78 is 0. The van der Waals surface area contributed by atoms with Gasteiger partial charge in [0, 0.05) is 12.5 Å². The van der Waals surface area contributed by atoms with Crippen molar-refractivity contribution < 1.29 is 9.90 Å². The van der Waals surface area contributed by atoms with E-state index in [1.165, 1.54) is 0 Å². The average molecular weight is 159 g/mol. The van der Waals surface area contributed by atoms with Crippen LogP contribution in [0.25, 0.3) is 0 Å². The van der Waals surface area contributed by atoms with Gasteiger partial charge in [0.2, 0.25) is 5.91 Å². The molecule has 0 heterocycles. The van der Waals surface area contributed by atoms with Gasteiger partial charge in [-0.3, -0.25) is 4.79 Å². The Labute approximate surface area is 67.6 Å². The molecule has 0 aliphatic heterocycles. The minimum Gasteiger partial charge on any atom is -0.396 e. The molecule has 0 aromatic rings. The van der Waals surface area contributed by atoms with Crippen molar-refractivity contribution in [1.29, 1.82) is 0 Å². The van der Waals surface area contributed by atoms with Crippen molar-refractivity contribution in [2.24, 2.45) is 17.1 Å². The Morgan fingerprint density at radius 1 is 1.64 bits per heavy atom. The van der Waals surface area contributed by atoms with Crippen molar-refractivity contribution in [3.05, 3.63) is 0 Å². The van der Waals surface area contributed by atoms with Gasteiger partial charge in [-0.05, 0) is 11.8 Å². The van der Waals surface area contributed by atoms with E-state index < -0.39 is 0 Å². The number of aliphatic hydroxyl groups excluding tert-OH is 1. The predicted octanol–water partition coefficient (Wildman–Crippen LogP) is 0.516. The van der Waals surface area contributed by atoms with E-state index in [-0.39, 0.29) is 23.8 Å². The first-order valence-corrected chi connectivity index (χ1v) is 3.79. The summed E-state index contributed by atoms with van der Waals surface area (Å²) in [5.41, 5.74) is 4.88. The number of carbonyl (C=O) groups is 1. The number of carbonyl (C=O) groups excluding carboxylic acids is 1. The third-order valence-corrected chi connectivity index (χ3v) is 1.77. The third kappa shape index (κ3) is 3.98. The largest absolute Gasteiger partial charge is 0.396 e. The first-order chi connectivity index (χ1) is 4.89. The van der Waals surface area contributed by atoms with Crippen molar-refractivity contribution in [1.82, 2.24) is 0 Å². The Morgan fingerprint density at radius 3 is 2.36 bits per heavy atom. The number of nitrogens with two attached hydrogens (primary N) is 1. The van der Waals surface area contributed by atoms with Crippen molar-refractivity contribution in [2.45, 2.75) is 27.2 Å². The molecule has 0 aromatic heterocycles. The van der Waals surface area contributed by atoms with Crippen LogP contribution in [-0.2, 0) is 4.79 Å². The smallest absolute Gasteiger partial charge is 0.220 e. The lowest BCUT2D eigenvalue weighted by Crippen LogP contribution is -2.28. The Bertz CT molecular complexity index is 143. The lowest BCUT2D eigenvalue weighted by Gasteiger charge is -2.23. The topological polar surface area (TPSA) is 63.3 Å². The molecule has 1 unspecified atom stereocenters. The maximum absolute atomic E-state index is 10.6. The van der Waals surface area contributed by atoms with Crippen molar-refractivity contribution in [3.8, 4) is 0 Å². The molecule has 11 heavy (non-hydrogen) atoms. The van der Waals surface area contributed by atoms with Crippen LogP contribution in [0.4, 0.5) is 0 Å². The first-order valence-electron chi connectivity index (χ1n) is 3.79. The molecule has 0 aliphatic carbocycles. The van der Waals surface area contributed by atoms with E-state index in [1.807, 2.05) is 13.8 Å². The fraction of sp³-hybridized carbons (Fsp3) is 0.875. The van der Waals surface area contributed by atoms with Gasteiger partial charge in [0.15, 0.2) is 0 Å². The molecular weight excluding hydrogens is 142 g/mol. The molecule has 0 aliphatic rings. The molecule has 66 valence electrons. The summed E-state index contributed by atoms with van der Waals surface area (Å²) in [6.45, 7) is 5.68. The first kappa shape index (κ1) is 10.4. The highest BCUT2D eigenvalue weighted by molar-refractivity contribution is 5.76. The second-order valence-corrected chi connectivity index (χ2v) is 3.83. The van der Waals surface area contributed by atoms with Gasteiger partial charge in [0.1, 0.15) is 0 Å². The van der Waals surface area contributed by atoms with Gasteiger partial charge < -0.3 is 10.8 Å². The number of primary amides is 1. The summed E-state index contributed by atoms with van der Waals surface area (Å²) in [5, 5.41) is 8.87. The van der Waals surface area contributed by atoms with Gasteiger partial charge in [-0.15, -0.1) is 0 Å². The quantitative estimate of drug-likeness (QED) is 0.628. The molecular formula is C8H17NO2. The van der Waals surface area contributed by atoms with E-state index in [4.69, 9.17) is 10.8 Å². The predicted molar refractivity (Wildman–Crippen MR) is 43.8 cm³/mol. The van der Waals surface area contributed by atoms with Crippen molar-refractivity contribution >= 4 is 5.91 Å². The second-order valence-electron chi connectivity index (χ2n) is 3.83. The van der Waals surface area contributed by atoms with E-state index >= 15 is 0 Å². The van der Waals surface area contributed by atoms with E-state index in [0.717, 1.165) is 0 Å². The summed E-state index contributed by atoms with van der Waals surface area (Å²) in [7, 11) is 0. The molecule has 0 fully saturated rings. The fourth-order valence-electron chi connectivity index (χ4n) is 0.994. The van der Waals surface area contributed by atoms with Crippen LogP contribution in [0.3, 0.4) is 0 Å². The van der Waals surface area contributed by atoms with Crippen LogP contribution >= 0.6 is 0 Å². The Kier molecular flexibility index (Phi) is 3.52. The number of hydrogen-bond acceptors (Lipinski definition) is 2. The highest BCUT2D eigenvalue weighted by Crippen LogP contribution is 2.23. The molecule has 3 nitrogen and oxygen atoms in total. The molecule has 0 spiro atoms. The molecule has 0 bridgehead atoms. The summed E-state index contributed by atoms with van der Waals surface area (Å²) in [6, 6.07) is 0. The summed E-state index contributed by atoms with van der Waals surface area (Å²) >= 11 is 0. The summed E-state index contributed by atoms with van der Waals surface area (Å²) in [5.74, 6) is -0.455. The van der Waals surface area contributed by atoms with Gasteiger partial charge in [0.05, 0.1) is 0 Å². The Balaban J connectivity index is 3.93. The lowest BCUT2D eigenvalue weighted by molar-refractivity contribution is -0.122. The van der Waals surface area contributed by atoms with Gasteiger partial charge >= 0.3 is 0 Å². The number of aliphatic hydroxyl groups is 1. The number of amides is 1. The maximum atomic E-state index is 10.6. The van der Waals surface area contributed by atoms with Crippen molar-refractivity contribution in [3.63, 3.8) is 0 Å². The summed E-state index contributed by atoms with van der Waals surface area (Å²) in [4.78, 5) is 10.6. The van der Waals surface area contributed by atoms with Gasteiger partial charge in [-0.1, -0.05) is 20.8 Å². The third-order valence-electron chi connectivity index (χ3n) is 1.77. The van der Waals surface area contributed by atoms with Crippen LogP contribution in [0, 0.1) is 11.3 Å². The molecule has 1 amide bonds. The van der Waals surface area contributed by atoms with Crippen LogP contribution in [-0.4, -0.2) is 17.6 Å². The van der Waals surface area contributed by atoms with Crippen LogP contribution in [0.15, 0.2) is 0 Å². The average Bonchev–Trinajstić information content (AvgIpc) is 1.87. The Morgan fingerprint density at radius 2 is 2.09 bits per heavy atom. The highest BCUT2D eigenvalue weighted by Gasteiger charge is 2.22. The number of hydrogen-bond donors (Lipinski definition) is 2. The molecule has 0 saturated heterocycles. The van der Waals surface area contributed by atoms with Crippen LogP contribution in [0.1, 0.15) is 27.2 Å². The molecule has 0 radical (unpaired) electrons. The molecule has 0 aromatic carbocycles. The van der Waals surface area contributed by atoms with E-state index in [0.29, 0.717) is 6.42 Å². The zero-order chi connectivity index (χ0) is 9.07. The maximum Gasteiger partial charge on any atom is 0.220 e. The normalized spacial score (nSPS) is 14.5. The fourth-order valence-corrected chi connectivity index (χ4v) is 0.994. The van der Waals surface area contributed by atoms with E-state index in [2.05, 4.69) is 0 Å². The zero-order valence-electron chi connectivity index (χ0n) is 7.42. The van der Waals surface area contributed by atoms with Crippen molar-refractivity contribution in [2.75, 3.05) is 6.61 Å². The zero-order valence-corrected chi connectivity index (χ0v) is 7.42. The van der Waals surface area contributed by atoms with E-state index in [1.54, 1.807) is 6.92 Å².